The summed E-state index contributed by atoms with van der Waals surface area (Å²) in [6, 6.07) is 22.7. The number of rotatable bonds is 6. The Labute approximate surface area is 223 Å². The molecule has 3 N–H and O–H groups in total. The summed E-state index contributed by atoms with van der Waals surface area (Å²) in [5, 5.41) is 22.5. The lowest BCUT2D eigenvalue weighted by atomic mass is 10.0. The first-order chi connectivity index (χ1) is 18.6. The van der Waals surface area contributed by atoms with Gasteiger partial charge in [-0.3, -0.25) is 9.69 Å². The predicted molar refractivity (Wildman–Crippen MR) is 139 cm³/mol. The molecular formula is C28H27F3N4O4. The first-order valence-electron chi connectivity index (χ1n) is 11.9. The molecule has 0 aromatic heterocycles. The number of halogens is 3. The maximum absolute atomic E-state index is 12.6. The van der Waals surface area contributed by atoms with Crippen molar-refractivity contribution in [3.05, 3.63) is 83.4 Å². The van der Waals surface area contributed by atoms with E-state index >= 15 is 0 Å². The minimum atomic E-state index is -5.08. The Kier molecular flexibility index (Phi) is 10.0. The highest BCUT2D eigenvalue weighted by molar-refractivity contribution is 6.04. The number of carbonyl (C=O) groups excluding carboxylic acids is 1. The molecule has 1 aliphatic rings. The van der Waals surface area contributed by atoms with Crippen LogP contribution in [0.5, 0.6) is 5.75 Å². The molecule has 3 aromatic rings. The first-order valence-corrected chi connectivity index (χ1v) is 11.9. The number of carbonyl (C=O) groups is 2. The van der Waals surface area contributed by atoms with E-state index in [-0.39, 0.29) is 5.91 Å². The first kappa shape index (κ1) is 29.2. The van der Waals surface area contributed by atoms with Gasteiger partial charge >= 0.3 is 12.1 Å². The molecule has 3 aromatic carbocycles. The summed E-state index contributed by atoms with van der Waals surface area (Å²) in [5.41, 5.74) is 4.85. The minimum absolute atomic E-state index is 0.242. The molecule has 0 unspecified atom stereocenters. The van der Waals surface area contributed by atoms with Gasteiger partial charge in [-0.1, -0.05) is 24.3 Å². The molecule has 0 spiro atoms. The number of anilines is 1. The summed E-state index contributed by atoms with van der Waals surface area (Å²) in [4.78, 5) is 24.0. The summed E-state index contributed by atoms with van der Waals surface area (Å²) < 4.78 is 37.3. The van der Waals surface area contributed by atoms with Crippen LogP contribution in [0.1, 0.15) is 21.5 Å². The molecular weight excluding hydrogens is 513 g/mol. The van der Waals surface area contributed by atoms with Gasteiger partial charge in [-0.05, 0) is 53.6 Å². The van der Waals surface area contributed by atoms with Crippen molar-refractivity contribution in [1.82, 2.24) is 10.2 Å². The minimum Gasteiger partial charge on any atom is -0.496 e. The second kappa shape index (κ2) is 13.4. The number of benzene rings is 3. The SMILES string of the molecule is COc1ccc(-c2cccc(NC(=O)c3cccc(C#N)c3)c2)cc1CN1CCNCC1.O=C(O)C(F)(F)F. The number of alkyl halides is 3. The van der Waals surface area contributed by atoms with Gasteiger partial charge in [-0.15, -0.1) is 0 Å². The molecule has 39 heavy (non-hydrogen) atoms. The van der Waals surface area contributed by atoms with Crippen molar-refractivity contribution in [2.45, 2.75) is 12.7 Å². The molecule has 204 valence electrons. The van der Waals surface area contributed by atoms with Gasteiger partial charge in [0.2, 0.25) is 0 Å². The number of carboxylic acid groups (broad SMARTS) is 1. The molecule has 0 aliphatic carbocycles. The maximum atomic E-state index is 12.6. The lowest BCUT2D eigenvalue weighted by Gasteiger charge is -2.28. The zero-order valence-electron chi connectivity index (χ0n) is 21.1. The quantitative estimate of drug-likeness (QED) is 0.421. The number of nitriles is 1. The van der Waals surface area contributed by atoms with E-state index < -0.39 is 12.1 Å². The highest BCUT2D eigenvalue weighted by atomic mass is 19.4. The summed E-state index contributed by atoms with van der Waals surface area (Å²) in [6.45, 7) is 4.87. The standard InChI is InChI=1S/C26H26N4O2.C2HF3O2/c1-32-25-9-8-21(15-23(25)18-30-12-10-28-11-13-30)20-5-3-7-24(16-20)29-26(31)22-6-2-4-19(14-22)17-27;3-2(4,5)1(6)7/h2-9,14-16,28H,10-13,18H2,1H3,(H,29,31);(H,6,7). The highest BCUT2D eigenvalue weighted by Crippen LogP contribution is 2.29. The maximum Gasteiger partial charge on any atom is 0.490 e. The third-order valence-corrected chi connectivity index (χ3v) is 5.83. The number of ether oxygens (including phenoxy) is 1. The van der Waals surface area contributed by atoms with E-state index in [0.29, 0.717) is 16.8 Å². The Hall–Kier alpha value is -4.40. The van der Waals surface area contributed by atoms with Crippen molar-refractivity contribution in [2.75, 3.05) is 38.6 Å². The molecule has 1 heterocycles. The third-order valence-electron chi connectivity index (χ3n) is 5.83. The third kappa shape index (κ3) is 8.56. The van der Waals surface area contributed by atoms with Crippen molar-refractivity contribution in [3.63, 3.8) is 0 Å². The average Bonchev–Trinajstić information content (AvgIpc) is 2.93. The zero-order valence-corrected chi connectivity index (χ0v) is 21.1. The van der Waals surface area contributed by atoms with Crippen molar-refractivity contribution >= 4 is 17.6 Å². The smallest absolute Gasteiger partial charge is 0.490 e. The van der Waals surface area contributed by atoms with Gasteiger partial charge in [-0.25, -0.2) is 4.79 Å². The van der Waals surface area contributed by atoms with Crippen molar-refractivity contribution in [2.24, 2.45) is 0 Å². The number of hydrogen-bond donors (Lipinski definition) is 3. The Morgan fingerprint density at radius 3 is 2.36 bits per heavy atom. The van der Waals surface area contributed by atoms with E-state index in [9.17, 15) is 18.0 Å². The van der Waals surface area contributed by atoms with Gasteiger partial charge in [0.1, 0.15) is 5.75 Å². The van der Waals surface area contributed by atoms with Gasteiger partial charge in [0.05, 0.1) is 18.7 Å². The van der Waals surface area contributed by atoms with Gasteiger partial charge < -0.3 is 20.5 Å². The van der Waals surface area contributed by atoms with E-state index in [4.69, 9.17) is 19.9 Å². The Morgan fingerprint density at radius 2 is 1.72 bits per heavy atom. The molecule has 11 heteroatoms. The van der Waals surface area contributed by atoms with E-state index in [1.807, 2.05) is 36.4 Å². The lowest BCUT2D eigenvalue weighted by Crippen LogP contribution is -2.42. The lowest BCUT2D eigenvalue weighted by molar-refractivity contribution is -0.192. The zero-order chi connectivity index (χ0) is 28.4. The van der Waals surface area contributed by atoms with E-state index in [1.54, 1.807) is 31.4 Å². The van der Waals surface area contributed by atoms with Crippen LogP contribution in [0.3, 0.4) is 0 Å². The van der Waals surface area contributed by atoms with Crippen LogP contribution in [0.25, 0.3) is 11.1 Å². The molecule has 8 nitrogen and oxygen atoms in total. The molecule has 4 rings (SSSR count). The number of hydrogen-bond acceptors (Lipinski definition) is 6. The summed E-state index contributed by atoms with van der Waals surface area (Å²) in [5.74, 6) is -2.12. The van der Waals surface area contributed by atoms with Crippen LogP contribution >= 0.6 is 0 Å². The molecule has 0 atom stereocenters. The highest BCUT2D eigenvalue weighted by Gasteiger charge is 2.38. The number of piperazine rings is 1. The number of carboxylic acids is 1. The fraction of sp³-hybridized carbons (Fsp3) is 0.250. The van der Waals surface area contributed by atoms with Crippen LogP contribution in [0.15, 0.2) is 66.7 Å². The van der Waals surface area contributed by atoms with Crippen molar-refractivity contribution < 1.29 is 32.6 Å². The van der Waals surface area contributed by atoms with Crippen LogP contribution in [0, 0.1) is 11.3 Å². The molecule has 0 saturated carbocycles. The van der Waals surface area contributed by atoms with Crippen molar-refractivity contribution in [3.8, 4) is 22.9 Å². The summed E-state index contributed by atoms with van der Waals surface area (Å²) in [7, 11) is 1.70. The van der Waals surface area contributed by atoms with E-state index in [2.05, 4.69) is 27.7 Å². The van der Waals surface area contributed by atoms with Crippen LogP contribution in [-0.2, 0) is 11.3 Å². The van der Waals surface area contributed by atoms with E-state index in [1.165, 1.54) is 0 Å². The van der Waals surface area contributed by atoms with Crippen molar-refractivity contribution in [1.29, 1.82) is 5.26 Å². The fourth-order valence-corrected chi connectivity index (χ4v) is 3.90. The number of amides is 1. The second-order valence-electron chi connectivity index (χ2n) is 8.58. The van der Waals surface area contributed by atoms with Crippen LogP contribution in [0.4, 0.5) is 18.9 Å². The Morgan fingerprint density at radius 1 is 1.05 bits per heavy atom. The monoisotopic (exact) mass is 540 g/mol. The topological polar surface area (TPSA) is 115 Å². The van der Waals surface area contributed by atoms with Crippen LogP contribution < -0.4 is 15.4 Å². The predicted octanol–water partition coefficient (Wildman–Crippen LogP) is 4.52. The summed E-state index contributed by atoms with van der Waals surface area (Å²) in [6.07, 6.45) is -5.08. The fourth-order valence-electron chi connectivity index (χ4n) is 3.90. The number of nitrogens with zero attached hydrogens (tertiary/aromatic N) is 2. The van der Waals surface area contributed by atoms with E-state index in [0.717, 1.165) is 55.2 Å². The average molecular weight is 541 g/mol. The number of aliphatic carboxylic acids is 1. The molecule has 0 bridgehead atoms. The molecule has 1 amide bonds. The Bertz CT molecular complexity index is 1350. The molecule has 1 aliphatic heterocycles. The van der Waals surface area contributed by atoms with Gasteiger partial charge in [0, 0.05) is 49.5 Å². The van der Waals surface area contributed by atoms with Crippen LogP contribution in [0.2, 0.25) is 0 Å². The van der Waals surface area contributed by atoms with Gasteiger partial charge in [0.25, 0.3) is 5.91 Å². The largest absolute Gasteiger partial charge is 0.496 e. The normalized spacial score (nSPS) is 13.4. The van der Waals surface area contributed by atoms with Gasteiger partial charge in [-0.2, -0.15) is 18.4 Å². The summed E-state index contributed by atoms with van der Waals surface area (Å²) >= 11 is 0. The second-order valence-corrected chi connectivity index (χ2v) is 8.58. The molecule has 0 radical (unpaired) electrons. The molecule has 1 saturated heterocycles. The van der Waals surface area contributed by atoms with Gasteiger partial charge in [0.15, 0.2) is 0 Å². The molecule has 1 fully saturated rings. The van der Waals surface area contributed by atoms with Crippen LogP contribution in [-0.4, -0.2) is 61.3 Å². The number of nitrogens with one attached hydrogen (secondary N) is 2. The Balaban J connectivity index is 0.000000532. The number of methoxy groups -OCH3 is 1.